The quantitative estimate of drug-likeness (QED) is 0.369. The fourth-order valence-electron chi connectivity index (χ4n) is 1.31. The molecule has 0 aliphatic rings. The summed E-state index contributed by atoms with van der Waals surface area (Å²) < 4.78 is 14.3. The summed E-state index contributed by atoms with van der Waals surface area (Å²) in [5.74, 6) is -2.84. The van der Waals surface area contributed by atoms with E-state index in [-0.39, 0.29) is 32.7 Å². The Kier molecular flexibility index (Phi) is 8.61. The van der Waals surface area contributed by atoms with Crippen molar-refractivity contribution in [3.8, 4) is 0 Å². The lowest BCUT2D eigenvalue weighted by Gasteiger charge is -2.13. The molecule has 0 aromatic carbocycles. The maximum atomic E-state index is 11.6. The van der Waals surface area contributed by atoms with Crippen molar-refractivity contribution in [2.45, 2.75) is 33.6 Å². The standard InChI is InChI=1S/C12H20O6/c1-4-16-10(13)8-7-9(11(14)17-5-2)12(15)18-6-3/h9H,4-8H2,1-3H3. The van der Waals surface area contributed by atoms with Crippen LogP contribution in [0.2, 0.25) is 0 Å². The van der Waals surface area contributed by atoms with Gasteiger partial charge in [0.15, 0.2) is 5.92 Å². The molecule has 6 heteroatoms. The minimum Gasteiger partial charge on any atom is -0.466 e. The Hall–Kier alpha value is -1.59. The van der Waals surface area contributed by atoms with Crippen LogP contribution in [-0.4, -0.2) is 37.7 Å². The molecule has 0 bridgehead atoms. The molecule has 0 aromatic rings. The number of rotatable bonds is 8. The molecule has 0 fully saturated rings. The molecule has 18 heavy (non-hydrogen) atoms. The van der Waals surface area contributed by atoms with Crippen molar-refractivity contribution in [2.75, 3.05) is 19.8 Å². The zero-order valence-corrected chi connectivity index (χ0v) is 11.1. The van der Waals surface area contributed by atoms with E-state index in [0.29, 0.717) is 0 Å². The van der Waals surface area contributed by atoms with Crippen molar-refractivity contribution in [2.24, 2.45) is 5.92 Å². The van der Waals surface area contributed by atoms with Gasteiger partial charge in [0.2, 0.25) is 0 Å². The summed E-state index contributed by atoms with van der Waals surface area (Å²) in [4.78, 5) is 34.3. The zero-order chi connectivity index (χ0) is 14.0. The largest absolute Gasteiger partial charge is 0.466 e. The zero-order valence-electron chi connectivity index (χ0n) is 11.1. The van der Waals surface area contributed by atoms with Crippen LogP contribution in [0.5, 0.6) is 0 Å². The third-order valence-electron chi connectivity index (χ3n) is 2.08. The van der Waals surface area contributed by atoms with Crippen molar-refractivity contribution in [1.82, 2.24) is 0 Å². The van der Waals surface area contributed by atoms with E-state index in [1.54, 1.807) is 20.8 Å². The van der Waals surface area contributed by atoms with Crippen LogP contribution in [0.25, 0.3) is 0 Å². The molecule has 0 spiro atoms. The van der Waals surface area contributed by atoms with Gasteiger partial charge >= 0.3 is 17.9 Å². The Labute approximate surface area is 107 Å². The predicted octanol–water partition coefficient (Wildman–Crippen LogP) is 1.07. The molecule has 0 saturated heterocycles. The Bertz CT molecular complexity index is 268. The molecule has 0 heterocycles. The van der Waals surface area contributed by atoms with E-state index < -0.39 is 23.8 Å². The van der Waals surface area contributed by atoms with Crippen molar-refractivity contribution >= 4 is 17.9 Å². The van der Waals surface area contributed by atoms with Gasteiger partial charge in [0.05, 0.1) is 19.8 Å². The van der Waals surface area contributed by atoms with Crippen LogP contribution in [0.1, 0.15) is 33.6 Å². The summed E-state index contributed by atoms with van der Waals surface area (Å²) in [6.45, 7) is 5.59. The highest BCUT2D eigenvalue weighted by Gasteiger charge is 2.30. The number of esters is 3. The van der Waals surface area contributed by atoms with Gasteiger partial charge in [0.1, 0.15) is 0 Å². The minimum atomic E-state index is -1.06. The van der Waals surface area contributed by atoms with E-state index in [4.69, 9.17) is 14.2 Å². The Morgan fingerprint density at radius 1 is 0.833 bits per heavy atom. The summed E-state index contributed by atoms with van der Waals surface area (Å²) in [6, 6.07) is 0. The normalized spacial score (nSPS) is 10.0. The van der Waals surface area contributed by atoms with Crippen LogP contribution in [0.15, 0.2) is 0 Å². The predicted molar refractivity (Wildman–Crippen MR) is 62.6 cm³/mol. The van der Waals surface area contributed by atoms with Gasteiger partial charge in [-0.05, 0) is 27.2 Å². The van der Waals surface area contributed by atoms with Crippen LogP contribution in [0.3, 0.4) is 0 Å². The van der Waals surface area contributed by atoms with Gasteiger partial charge in [-0.2, -0.15) is 0 Å². The summed E-state index contributed by atoms with van der Waals surface area (Å²) in [5.41, 5.74) is 0. The summed E-state index contributed by atoms with van der Waals surface area (Å²) >= 11 is 0. The number of carbonyl (C=O) groups excluding carboxylic acids is 3. The van der Waals surface area contributed by atoms with E-state index in [0.717, 1.165) is 0 Å². The molecule has 0 atom stereocenters. The number of carbonyl (C=O) groups is 3. The first kappa shape index (κ1) is 16.4. The summed E-state index contributed by atoms with van der Waals surface area (Å²) in [7, 11) is 0. The monoisotopic (exact) mass is 260 g/mol. The highest BCUT2D eigenvalue weighted by molar-refractivity contribution is 5.95. The van der Waals surface area contributed by atoms with E-state index in [9.17, 15) is 14.4 Å². The van der Waals surface area contributed by atoms with Gasteiger partial charge in [0.25, 0.3) is 0 Å². The fourth-order valence-corrected chi connectivity index (χ4v) is 1.31. The Balaban J connectivity index is 4.42. The third kappa shape index (κ3) is 6.22. The van der Waals surface area contributed by atoms with Gasteiger partial charge in [-0.15, -0.1) is 0 Å². The van der Waals surface area contributed by atoms with Crippen LogP contribution < -0.4 is 0 Å². The lowest BCUT2D eigenvalue weighted by molar-refractivity contribution is -0.162. The van der Waals surface area contributed by atoms with E-state index in [1.807, 2.05) is 0 Å². The molecule has 0 aliphatic heterocycles. The van der Waals surface area contributed by atoms with Crippen LogP contribution in [0.4, 0.5) is 0 Å². The van der Waals surface area contributed by atoms with Crippen molar-refractivity contribution in [1.29, 1.82) is 0 Å². The van der Waals surface area contributed by atoms with Crippen molar-refractivity contribution in [3.63, 3.8) is 0 Å². The summed E-state index contributed by atoms with van der Waals surface area (Å²) in [5, 5.41) is 0. The maximum absolute atomic E-state index is 11.6. The summed E-state index contributed by atoms with van der Waals surface area (Å²) in [6.07, 6.45) is 0.0205. The molecular weight excluding hydrogens is 240 g/mol. The average Bonchev–Trinajstić information content (AvgIpc) is 2.30. The van der Waals surface area contributed by atoms with Gasteiger partial charge in [0, 0.05) is 6.42 Å². The van der Waals surface area contributed by atoms with Crippen molar-refractivity contribution in [3.05, 3.63) is 0 Å². The molecular formula is C12H20O6. The SMILES string of the molecule is CCOC(=O)CCC(C(=O)OCC)C(=O)OCC. The average molecular weight is 260 g/mol. The molecule has 0 N–H and O–H groups in total. The highest BCUT2D eigenvalue weighted by atomic mass is 16.6. The molecule has 0 unspecified atom stereocenters. The molecule has 0 rings (SSSR count). The van der Waals surface area contributed by atoms with E-state index in [1.165, 1.54) is 0 Å². The molecule has 104 valence electrons. The second-order valence-electron chi connectivity index (χ2n) is 3.40. The molecule has 6 nitrogen and oxygen atoms in total. The number of hydrogen-bond donors (Lipinski definition) is 0. The number of ether oxygens (including phenoxy) is 3. The van der Waals surface area contributed by atoms with E-state index in [2.05, 4.69) is 0 Å². The first-order valence-corrected chi connectivity index (χ1v) is 6.05. The Morgan fingerprint density at radius 3 is 1.67 bits per heavy atom. The fraction of sp³-hybridized carbons (Fsp3) is 0.750. The van der Waals surface area contributed by atoms with Crippen LogP contribution >= 0.6 is 0 Å². The highest BCUT2D eigenvalue weighted by Crippen LogP contribution is 2.12. The second kappa shape index (κ2) is 9.44. The van der Waals surface area contributed by atoms with Crippen LogP contribution in [-0.2, 0) is 28.6 Å². The Morgan fingerprint density at radius 2 is 1.28 bits per heavy atom. The minimum absolute atomic E-state index is 0.0177. The lowest BCUT2D eigenvalue weighted by atomic mass is 10.0. The molecule has 0 saturated carbocycles. The van der Waals surface area contributed by atoms with Gasteiger partial charge in [-0.25, -0.2) is 0 Å². The third-order valence-corrected chi connectivity index (χ3v) is 2.08. The van der Waals surface area contributed by atoms with Crippen LogP contribution in [0, 0.1) is 5.92 Å². The van der Waals surface area contributed by atoms with Gasteiger partial charge in [-0.1, -0.05) is 0 Å². The first-order valence-electron chi connectivity index (χ1n) is 6.05. The topological polar surface area (TPSA) is 78.9 Å². The molecule has 0 amide bonds. The van der Waals surface area contributed by atoms with Gasteiger partial charge in [-0.3, -0.25) is 14.4 Å². The second-order valence-corrected chi connectivity index (χ2v) is 3.40. The maximum Gasteiger partial charge on any atom is 0.320 e. The lowest BCUT2D eigenvalue weighted by Crippen LogP contribution is -2.29. The molecule has 0 aliphatic carbocycles. The smallest absolute Gasteiger partial charge is 0.320 e. The van der Waals surface area contributed by atoms with E-state index >= 15 is 0 Å². The first-order chi connectivity index (χ1) is 8.56. The van der Waals surface area contributed by atoms with Crippen molar-refractivity contribution < 1.29 is 28.6 Å². The number of hydrogen-bond acceptors (Lipinski definition) is 6. The molecule has 0 aromatic heterocycles. The molecule has 0 radical (unpaired) electrons. The van der Waals surface area contributed by atoms with Gasteiger partial charge < -0.3 is 14.2 Å².